The summed E-state index contributed by atoms with van der Waals surface area (Å²) in [7, 11) is 1.68. The number of benzene rings is 1. The molecular weight excluding hydrogens is 238 g/mol. The van der Waals surface area contributed by atoms with Crippen molar-refractivity contribution in [3.05, 3.63) is 29.3 Å². The van der Waals surface area contributed by atoms with Gasteiger partial charge in [-0.15, -0.1) is 0 Å². The first-order chi connectivity index (χ1) is 8.45. The number of hydrogen-bond donors (Lipinski definition) is 2. The summed E-state index contributed by atoms with van der Waals surface area (Å²) in [6.45, 7) is 3.76. The number of rotatable bonds is 1. The molecule has 3 atom stereocenters. The molecule has 0 aliphatic carbocycles. The molecule has 0 saturated heterocycles. The van der Waals surface area contributed by atoms with Gasteiger partial charge in [-0.1, -0.05) is 13.8 Å². The van der Waals surface area contributed by atoms with E-state index in [2.05, 4.69) is 10.6 Å². The fourth-order valence-electron chi connectivity index (χ4n) is 2.49. The van der Waals surface area contributed by atoms with Crippen LogP contribution in [0, 0.1) is 17.6 Å². The predicted molar refractivity (Wildman–Crippen MR) is 65.4 cm³/mol. The minimum absolute atomic E-state index is 0.0579. The van der Waals surface area contributed by atoms with Crippen molar-refractivity contribution in [3.63, 3.8) is 0 Å². The Hall–Kier alpha value is -1.49. The molecule has 1 aliphatic rings. The molecule has 1 amide bonds. The van der Waals surface area contributed by atoms with Crippen LogP contribution in [0.4, 0.5) is 14.5 Å². The average Bonchev–Trinajstić information content (AvgIpc) is 2.39. The molecule has 0 fully saturated rings. The summed E-state index contributed by atoms with van der Waals surface area (Å²) >= 11 is 0. The third-order valence-corrected chi connectivity index (χ3v) is 3.73. The van der Waals surface area contributed by atoms with Crippen molar-refractivity contribution in [2.24, 2.45) is 5.92 Å². The lowest BCUT2D eigenvalue weighted by Gasteiger charge is -2.24. The highest BCUT2D eigenvalue weighted by atomic mass is 19.1. The Morgan fingerprint density at radius 2 is 1.94 bits per heavy atom. The minimum Gasteiger partial charge on any atom is -0.322 e. The van der Waals surface area contributed by atoms with Gasteiger partial charge in [-0.05, 0) is 30.5 Å². The summed E-state index contributed by atoms with van der Waals surface area (Å²) in [4.78, 5) is 12.0. The number of fused-ring (bicyclic) bond motifs is 1. The Morgan fingerprint density at radius 3 is 2.56 bits per heavy atom. The SMILES string of the molecule is CNC1C(=O)Nc2c(F)cc(F)cc2C(C)[C@@H]1C. The number of hydrogen-bond acceptors (Lipinski definition) is 2. The standard InChI is InChI=1S/C13H16F2N2O/c1-6-7(2)11(16-3)13(18)17-12-9(6)4-8(14)5-10(12)15/h4-7,11,16H,1-3H3,(H,17,18)/t6?,7-,11?/m0/s1. The van der Waals surface area contributed by atoms with Crippen LogP contribution in [-0.4, -0.2) is 19.0 Å². The van der Waals surface area contributed by atoms with Gasteiger partial charge in [0.15, 0.2) is 0 Å². The van der Waals surface area contributed by atoms with Gasteiger partial charge in [0.2, 0.25) is 5.91 Å². The van der Waals surface area contributed by atoms with Crippen molar-refractivity contribution in [1.82, 2.24) is 5.32 Å². The van der Waals surface area contributed by atoms with Gasteiger partial charge in [-0.25, -0.2) is 8.78 Å². The van der Waals surface area contributed by atoms with E-state index in [4.69, 9.17) is 0 Å². The van der Waals surface area contributed by atoms with Crippen LogP contribution < -0.4 is 10.6 Å². The van der Waals surface area contributed by atoms with Crippen molar-refractivity contribution >= 4 is 11.6 Å². The molecule has 98 valence electrons. The van der Waals surface area contributed by atoms with Crippen LogP contribution in [0.2, 0.25) is 0 Å². The second kappa shape index (κ2) is 4.65. The first-order valence-corrected chi connectivity index (χ1v) is 5.92. The topological polar surface area (TPSA) is 41.1 Å². The van der Waals surface area contributed by atoms with Gasteiger partial charge in [-0.2, -0.15) is 0 Å². The Kier molecular flexibility index (Phi) is 3.34. The van der Waals surface area contributed by atoms with E-state index in [-0.39, 0.29) is 23.4 Å². The third kappa shape index (κ3) is 1.99. The molecule has 3 nitrogen and oxygen atoms in total. The van der Waals surface area contributed by atoms with Crippen molar-refractivity contribution in [3.8, 4) is 0 Å². The van der Waals surface area contributed by atoms with Crippen LogP contribution in [0.1, 0.15) is 25.3 Å². The van der Waals surface area contributed by atoms with E-state index in [1.807, 2.05) is 13.8 Å². The molecule has 0 bridgehead atoms. The van der Waals surface area contributed by atoms with E-state index in [1.54, 1.807) is 7.05 Å². The molecule has 5 heteroatoms. The third-order valence-electron chi connectivity index (χ3n) is 3.73. The summed E-state index contributed by atoms with van der Waals surface area (Å²) in [5.41, 5.74) is 0.601. The maximum absolute atomic E-state index is 13.7. The molecule has 2 N–H and O–H groups in total. The second-order valence-corrected chi connectivity index (χ2v) is 4.76. The molecule has 2 unspecified atom stereocenters. The second-order valence-electron chi connectivity index (χ2n) is 4.76. The smallest absolute Gasteiger partial charge is 0.241 e. The van der Waals surface area contributed by atoms with Gasteiger partial charge in [0.05, 0.1) is 11.7 Å². The molecule has 1 aromatic rings. The monoisotopic (exact) mass is 254 g/mol. The number of likely N-dealkylation sites (N-methyl/N-ethyl adjacent to an activating group) is 1. The summed E-state index contributed by atoms with van der Waals surface area (Å²) in [6.07, 6.45) is 0. The van der Waals surface area contributed by atoms with Gasteiger partial charge in [0, 0.05) is 6.07 Å². The van der Waals surface area contributed by atoms with Crippen molar-refractivity contribution in [2.45, 2.75) is 25.8 Å². The first kappa shape index (κ1) is 13.0. The Morgan fingerprint density at radius 1 is 1.28 bits per heavy atom. The van der Waals surface area contributed by atoms with Crippen molar-refractivity contribution in [1.29, 1.82) is 0 Å². The molecule has 0 spiro atoms. The van der Waals surface area contributed by atoms with Gasteiger partial charge in [-0.3, -0.25) is 4.79 Å². The van der Waals surface area contributed by atoms with Gasteiger partial charge < -0.3 is 10.6 Å². The molecular formula is C13H16F2N2O. The van der Waals surface area contributed by atoms with E-state index in [0.29, 0.717) is 5.56 Å². The summed E-state index contributed by atoms with van der Waals surface area (Å²) in [5, 5.41) is 5.45. The first-order valence-electron chi connectivity index (χ1n) is 5.92. The molecule has 0 radical (unpaired) electrons. The average molecular weight is 254 g/mol. The van der Waals surface area contributed by atoms with Crippen molar-refractivity contribution in [2.75, 3.05) is 12.4 Å². The molecule has 0 saturated carbocycles. The molecule has 0 aromatic heterocycles. The zero-order valence-electron chi connectivity index (χ0n) is 10.6. The maximum Gasteiger partial charge on any atom is 0.241 e. The van der Waals surface area contributed by atoms with E-state index in [1.165, 1.54) is 6.07 Å². The van der Waals surface area contributed by atoms with Crippen LogP contribution in [0.25, 0.3) is 0 Å². The summed E-state index contributed by atoms with van der Waals surface area (Å²) in [6, 6.07) is 1.66. The molecule has 18 heavy (non-hydrogen) atoms. The number of carbonyl (C=O) groups excluding carboxylic acids is 1. The van der Waals surface area contributed by atoms with Gasteiger partial charge in [0.1, 0.15) is 11.6 Å². The van der Waals surface area contributed by atoms with Crippen LogP contribution in [0.15, 0.2) is 12.1 Å². The summed E-state index contributed by atoms with van der Waals surface area (Å²) < 4.78 is 27.0. The van der Waals surface area contributed by atoms with Crippen LogP contribution in [-0.2, 0) is 4.79 Å². The van der Waals surface area contributed by atoms with Gasteiger partial charge >= 0.3 is 0 Å². The fraction of sp³-hybridized carbons (Fsp3) is 0.462. The predicted octanol–water partition coefficient (Wildman–Crippen LogP) is 2.24. The van der Waals surface area contributed by atoms with E-state index in [9.17, 15) is 13.6 Å². The lowest BCUT2D eigenvalue weighted by Crippen LogP contribution is -2.43. The largest absolute Gasteiger partial charge is 0.322 e. The highest BCUT2D eigenvalue weighted by molar-refractivity contribution is 5.97. The normalized spacial score (nSPS) is 27.4. The summed E-state index contributed by atoms with van der Waals surface area (Å²) in [5.74, 6) is -1.82. The molecule has 1 heterocycles. The Bertz CT molecular complexity index is 490. The van der Waals surface area contributed by atoms with Crippen LogP contribution in [0.3, 0.4) is 0 Å². The maximum atomic E-state index is 13.7. The highest BCUT2D eigenvalue weighted by Crippen LogP contribution is 2.37. The van der Waals surface area contributed by atoms with E-state index >= 15 is 0 Å². The number of carbonyl (C=O) groups is 1. The molecule has 2 rings (SSSR count). The zero-order chi connectivity index (χ0) is 13.4. The number of nitrogens with one attached hydrogen (secondary N) is 2. The fourth-order valence-corrected chi connectivity index (χ4v) is 2.49. The van der Waals surface area contributed by atoms with E-state index in [0.717, 1.165) is 6.07 Å². The number of halogens is 2. The van der Waals surface area contributed by atoms with Gasteiger partial charge in [0.25, 0.3) is 0 Å². The molecule has 1 aliphatic heterocycles. The highest BCUT2D eigenvalue weighted by Gasteiger charge is 2.34. The minimum atomic E-state index is -0.728. The number of amides is 1. The quantitative estimate of drug-likeness (QED) is 0.807. The zero-order valence-corrected chi connectivity index (χ0v) is 10.6. The Balaban J connectivity index is 2.56. The lowest BCUT2D eigenvalue weighted by molar-refractivity contribution is -0.119. The molecule has 1 aromatic carbocycles. The lowest BCUT2D eigenvalue weighted by atomic mass is 9.84. The van der Waals surface area contributed by atoms with Crippen LogP contribution in [0.5, 0.6) is 0 Å². The van der Waals surface area contributed by atoms with Crippen LogP contribution >= 0.6 is 0 Å². The van der Waals surface area contributed by atoms with E-state index < -0.39 is 17.7 Å². The van der Waals surface area contributed by atoms with Crippen molar-refractivity contribution < 1.29 is 13.6 Å². The Labute approximate surface area is 105 Å². The number of anilines is 1.